The molecule has 0 aromatic carbocycles. The first-order valence-corrected chi connectivity index (χ1v) is 7.49. The molecule has 1 aliphatic heterocycles. The Morgan fingerprint density at radius 1 is 1.45 bits per heavy atom. The lowest BCUT2D eigenvalue weighted by Gasteiger charge is -2.16. The fourth-order valence-electron chi connectivity index (χ4n) is 2.81. The largest absolute Gasteiger partial charge is 0.338 e. The maximum absolute atomic E-state index is 13.2. The number of carbonyl (C=O) groups excluding carboxylic acids is 1. The lowest BCUT2D eigenvalue weighted by atomic mass is 10.3. The molecule has 0 spiro atoms. The van der Waals surface area contributed by atoms with Crippen molar-refractivity contribution in [2.75, 3.05) is 13.1 Å². The minimum Gasteiger partial charge on any atom is -0.338 e. The molecule has 1 saturated heterocycles. The van der Waals surface area contributed by atoms with Crippen molar-refractivity contribution in [3.63, 3.8) is 0 Å². The van der Waals surface area contributed by atoms with E-state index < -0.39 is 6.17 Å². The fourth-order valence-corrected chi connectivity index (χ4v) is 2.81. The molecule has 1 atom stereocenters. The molecule has 3 rings (SSSR count). The third-order valence-corrected chi connectivity index (χ3v) is 4.06. The van der Waals surface area contributed by atoms with Crippen LogP contribution in [0.3, 0.4) is 0 Å². The maximum Gasteiger partial charge on any atom is 0.334 e. The molecular weight excluding hydrogens is 287 g/mol. The summed E-state index contributed by atoms with van der Waals surface area (Å²) in [6.07, 6.45) is 3.51. The summed E-state index contributed by atoms with van der Waals surface area (Å²) in [4.78, 5) is 30.5. The number of hydrogen-bond acceptors (Lipinski definition) is 3. The molecule has 0 N–H and O–H groups in total. The number of fused-ring (bicyclic) bond motifs is 1. The van der Waals surface area contributed by atoms with Crippen LogP contribution in [0.5, 0.6) is 0 Å². The van der Waals surface area contributed by atoms with Crippen LogP contribution in [-0.4, -0.2) is 44.0 Å². The summed E-state index contributed by atoms with van der Waals surface area (Å²) in [7, 11) is 0. The summed E-state index contributed by atoms with van der Waals surface area (Å²) in [5.74, 6) is -0.225. The second kappa shape index (κ2) is 5.55. The van der Waals surface area contributed by atoms with Crippen LogP contribution in [-0.2, 0) is 17.8 Å². The number of imidazole rings is 1. The van der Waals surface area contributed by atoms with Gasteiger partial charge in [0.2, 0.25) is 5.91 Å². The van der Waals surface area contributed by atoms with E-state index in [4.69, 9.17) is 0 Å². The number of aryl methyl sites for hydroxylation is 2. The monoisotopic (exact) mass is 306 g/mol. The number of rotatable bonds is 3. The molecule has 22 heavy (non-hydrogen) atoms. The second-order valence-corrected chi connectivity index (χ2v) is 5.73. The molecule has 1 amide bonds. The number of halogens is 1. The van der Waals surface area contributed by atoms with Crippen LogP contribution in [0, 0.1) is 6.92 Å². The zero-order valence-corrected chi connectivity index (χ0v) is 12.8. The first kappa shape index (κ1) is 14.7. The first-order chi connectivity index (χ1) is 10.5. The Bertz CT molecular complexity index is 780. The molecule has 7 heteroatoms. The molecule has 1 unspecified atom stereocenters. The van der Waals surface area contributed by atoms with Gasteiger partial charge in [0.25, 0.3) is 0 Å². The zero-order chi connectivity index (χ0) is 15.9. The van der Waals surface area contributed by atoms with E-state index in [1.54, 1.807) is 12.4 Å². The molecule has 0 aliphatic carbocycles. The van der Waals surface area contributed by atoms with Crippen molar-refractivity contribution in [2.45, 2.75) is 39.4 Å². The SMILES string of the molecule is CCc1cn2c(=O)n(CC(=O)N3CCC(F)C3)cc(C)c2n1. The number of alkyl halides is 1. The van der Waals surface area contributed by atoms with Crippen LogP contribution < -0.4 is 5.69 Å². The summed E-state index contributed by atoms with van der Waals surface area (Å²) < 4.78 is 16.0. The normalized spacial score (nSPS) is 18.3. The summed E-state index contributed by atoms with van der Waals surface area (Å²) >= 11 is 0. The quantitative estimate of drug-likeness (QED) is 0.848. The lowest BCUT2D eigenvalue weighted by molar-refractivity contribution is -0.131. The van der Waals surface area contributed by atoms with Crippen LogP contribution in [0.2, 0.25) is 0 Å². The average molecular weight is 306 g/mol. The second-order valence-electron chi connectivity index (χ2n) is 5.73. The Kier molecular flexibility index (Phi) is 3.72. The van der Waals surface area contributed by atoms with Crippen molar-refractivity contribution in [3.8, 4) is 0 Å². The third kappa shape index (κ3) is 2.51. The molecule has 3 heterocycles. The number of likely N-dealkylation sites (tertiary alicyclic amines) is 1. The van der Waals surface area contributed by atoms with Gasteiger partial charge in [-0.05, 0) is 19.8 Å². The highest BCUT2D eigenvalue weighted by Crippen LogP contribution is 2.13. The van der Waals surface area contributed by atoms with E-state index in [0.29, 0.717) is 18.6 Å². The lowest BCUT2D eigenvalue weighted by Crippen LogP contribution is -2.36. The van der Waals surface area contributed by atoms with Gasteiger partial charge >= 0.3 is 5.69 Å². The Labute approximate surface area is 127 Å². The van der Waals surface area contributed by atoms with E-state index in [9.17, 15) is 14.0 Å². The van der Waals surface area contributed by atoms with E-state index in [-0.39, 0.29) is 24.7 Å². The van der Waals surface area contributed by atoms with Crippen molar-refractivity contribution in [1.29, 1.82) is 0 Å². The predicted octanol–water partition coefficient (Wildman–Crippen LogP) is 0.937. The highest BCUT2D eigenvalue weighted by Gasteiger charge is 2.26. The smallest absolute Gasteiger partial charge is 0.334 e. The summed E-state index contributed by atoms with van der Waals surface area (Å²) in [5.41, 5.74) is 1.99. The predicted molar refractivity (Wildman–Crippen MR) is 79.7 cm³/mol. The molecule has 118 valence electrons. The first-order valence-electron chi connectivity index (χ1n) is 7.49. The van der Waals surface area contributed by atoms with E-state index in [2.05, 4.69) is 4.98 Å². The third-order valence-electron chi connectivity index (χ3n) is 4.06. The Morgan fingerprint density at radius 2 is 2.23 bits per heavy atom. The van der Waals surface area contributed by atoms with Gasteiger partial charge in [0.15, 0.2) is 0 Å². The Morgan fingerprint density at radius 3 is 2.86 bits per heavy atom. The van der Waals surface area contributed by atoms with Gasteiger partial charge in [0.1, 0.15) is 18.4 Å². The van der Waals surface area contributed by atoms with Gasteiger partial charge < -0.3 is 4.90 Å². The number of aromatic nitrogens is 3. The van der Waals surface area contributed by atoms with Crippen LogP contribution >= 0.6 is 0 Å². The van der Waals surface area contributed by atoms with Crippen molar-refractivity contribution >= 4 is 11.6 Å². The van der Waals surface area contributed by atoms with Crippen molar-refractivity contribution in [3.05, 3.63) is 34.1 Å². The molecular formula is C15H19FN4O2. The van der Waals surface area contributed by atoms with Crippen molar-refractivity contribution < 1.29 is 9.18 Å². The van der Waals surface area contributed by atoms with E-state index in [1.165, 1.54) is 13.9 Å². The minimum atomic E-state index is -0.953. The van der Waals surface area contributed by atoms with Crippen LogP contribution in [0.15, 0.2) is 17.2 Å². The molecule has 1 fully saturated rings. The van der Waals surface area contributed by atoms with E-state index in [0.717, 1.165) is 17.7 Å². The maximum atomic E-state index is 13.2. The minimum absolute atomic E-state index is 0.0675. The summed E-state index contributed by atoms with van der Waals surface area (Å²) in [6, 6.07) is 0. The van der Waals surface area contributed by atoms with E-state index >= 15 is 0 Å². The summed E-state index contributed by atoms with van der Waals surface area (Å²) in [6.45, 7) is 4.30. The average Bonchev–Trinajstić information content (AvgIpc) is 3.10. The molecule has 0 bridgehead atoms. The highest BCUT2D eigenvalue weighted by atomic mass is 19.1. The number of nitrogens with zero attached hydrogens (tertiary/aromatic N) is 4. The van der Waals surface area contributed by atoms with Gasteiger partial charge in [-0.15, -0.1) is 0 Å². The van der Waals surface area contributed by atoms with Crippen LogP contribution in [0.4, 0.5) is 4.39 Å². The van der Waals surface area contributed by atoms with Crippen molar-refractivity contribution in [2.24, 2.45) is 0 Å². The Balaban J connectivity index is 1.92. The van der Waals surface area contributed by atoms with Gasteiger partial charge in [-0.25, -0.2) is 14.2 Å². The standard InChI is InChI=1S/C15H19FN4O2/c1-3-12-8-20-14(17-12)10(2)6-19(15(20)22)9-13(21)18-5-4-11(16)7-18/h6,8,11H,3-5,7,9H2,1-2H3. The van der Waals surface area contributed by atoms with Crippen molar-refractivity contribution in [1.82, 2.24) is 18.9 Å². The molecule has 2 aromatic rings. The highest BCUT2D eigenvalue weighted by molar-refractivity contribution is 5.76. The molecule has 1 aliphatic rings. The number of carbonyl (C=O) groups is 1. The van der Waals surface area contributed by atoms with E-state index in [1.807, 2.05) is 13.8 Å². The Hall–Kier alpha value is -2.18. The number of amides is 1. The van der Waals surface area contributed by atoms with Gasteiger partial charge in [-0.2, -0.15) is 0 Å². The molecule has 0 radical (unpaired) electrons. The fraction of sp³-hybridized carbons (Fsp3) is 0.533. The molecule has 2 aromatic heterocycles. The van der Waals surface area contributed by atoms with Gasteiger partial charge in [0, 0.05) is 24.5 Å². The summed E-state index contributed by atoms with van der Waals surface area (Å²) in [5, 5.41) is 0. The zero-order valence-electron chi connectivity index (χ0n) is 12.8. The van der Waals surface area contributed by atoms with Gasteiger partial charge in [0.05, 0.1) is 12.2 Å². The van der Waals surface area contributed by atoms with Gasteiger partial charge in [-0.3, -0.25) is 13.8 Å². The van der Waals surface area contributed by atoms with Crippen LogP contribution in [0.25, 0.3) is 5.65 Å². The van der Waals surface area contributed by atoms with Crippen LogP contribution in [0.1, 0.15) is 24.6 Å². The number of hydrogen-bond donors (Lipinski definition) is 0. The topological polar surface area (TPSA) is 59.6 Å². The molecule has 6 nitrogen and oxygen atoms in total. The molecule has 0 saturated carbocycles. The van der Waals surface area contributed by atoms with Gasteiger partial charge in [-0.1, -0.05) is 6.92 Å².